The maximum Gasteiger partial charge on any atom is 0.137 e. The molecule has 0 spiro atoms. The second-order valence-electron chi connectivity index (χ2n) is 3.67. The Morgan fingerprint density at radius 1 is 1.50 bits per heavy atom. The summed E-state index contributed by atoms with van der Waals surface area (Å²) in [5.74, 6) is 1.85. The monoisotopic (exact) mass is 259 g/mol. The third kappa shape index (κ3) is 4.24. The summed E-state index contributed by atoms with van der Waals surface area (Å²) in [4.78, 5) is 0. The summed E-state index contributed by atoms with van der Waals surface area (Å²) in [6, 6.07) is 5.72. The number of rotatable bonds is 6. The molecular weight excluding hydrogens is 242 g/mol. The summed E-state index contributed by atoms with van der Waals surface area (Å²) in [5.41, 5.74) is 6.80. The van der Waals surface area contributed by atoms with Crippen molar-refractivity contribution in [2.75, 3.05) is 18.6 Å². The van der Waals surface area contributed by atoms with Gasteiger partial charge in [-0.2, -0.15) is 11.8 Å². The topological polar surface area (TPSA) is 35.2 Å². The Morgan fingerprint density at radius 2 is 2.25 bits per heavy atom. The molecule has 0 saturated carbocycles. The summed E-state index contributed by atoms with van der Waals surface area (Å²) in [5, 5.41) is 0.638. The van der Waals surface area contributed by atoms with Gasteiger partial charge in [0.05, 0.1) is 11.6 Å². The summed E-state index contributed by atoms with van der Waals surface area (Å²) in [7, 11) is 0. The summed E-state index contributed by atoms with van der Waals surface area (Å²) >= 11 is 7.92. The molecule has 1 rings (SSSR count). The number of ether oxygens (including phenoxy) is 1. The molecule has 1 unspecified atom stereocenters. The molecule has 0 heterocycles. The minimum Gasteiger partial charge on any atom is -0.492 e. The molecule has 0 aliphatic heterocycles. The first-order valence-electron chi connectivity index (χ1n) is 5.32. The van der Waals surface area contributed by atoms with Crippen LogP contribution in [0.25, 0.3) is 0 Å². The first-order chi connectivity index (χ1) is 7.65. The van der Waals surface area contributed by atoms with Crippen molar-refractivity contribution in [1.29, 1.82) is 0 Å². The lowest BCUT2D eigenvalue weighted by Gasteiger charge is -2.10. The van der Waals surface area contributed by atoms with Crippen LogP contribution in [0.5, 0.6) is 5.75 Å². The van der Waals surface area contributed by atoms with Gasteiger partial charge in [-0.15, -0.1) is 0 Å². The van der Waals surface area contributed by atoms with E-state index in [1.807, 2.05) is 36.9 Å². The standard InChI is InChI=1S/C12H18ClNOS/c1-9(14)10-4-5-12(11(13)8-10)15-6-3-7-16-2/h4-5,8-9H,3,6-7,14H2,1-2H3. The molecule has 0 fully saturated rings. The predicted molar refractivity (Wildman–Crippen MR) is 72.5 cm³/mol. The van der Waals surface area contributed by atoms with Gasteiger partial charge in [0.2, 0.25) is 0 Å². The van der Waals surface area contributed by atoms with Gasteiger partial charge in [-0.05, 0) is 43.0 Å². The molecule has 4 heteroatoms. The fourth-order valence-corrected chi connectivity index (χ4v) is 1.95. The van der Waals surface area contributed by atoms with Gasteiger partial charge in [0.25, 0.3) is 0 Å². The molecule has 1 aromatic rings. The predicted octanol–water partition coefficient (Wildman–Crippen LogP) is 3.49. The second kappa shape index (κ2) is 7.05. The van der Waals surface area contributed by atoms with Crippen LogP contribution in [-0.2, 0) is 0 Å². The number of nitrogens with two attached hydrogens (primary N) is 1. The Labute approximate surface area is 107 Å². The highest BCUT2D eigenvalue weighted by Gasteiger charge is 2.05. The summed E-state index contributed by atoms with van der Waals surface area (Å²) in [6.07, 6.45) is 3.12. The van der Waals surface area contributed by atoms with Gasteiger partial charge in [-0.25, -0.2) is 0 Å². The Hall–Kier alpha value is -0.380. The van der Waals surface area contributed by atoms with Crippen molar-refractivity contribution < 1.29 is 4.74 Å². The fraction of sp³-hybridized carbons (Fsp3) is 0.500. The van der Waals surface area contributed by atoms with Crippen LogP contribution in [0.4, 0.5) is 0 Å². The van der Waals surface area contributed by atoms with E-state index in [0.29, 0.717) is 11.6 Å². The quantitative estimate of drug-likeness (QED) is 0.795. The van der Waals surface area contributed by atoms with Crippen molar-refractivity contribution in [2.24, 2.45) is 5.73 Å². The van der Waals surface area contributed by atoms with Crippen LogP contribution in [0.15, 0.2) is 18.2 Å². The van der Waals surface area contributed by atoms with E-state index in [0.717, 1.165) is 23.5 Å². The third-order valence-corrected chi connectivity index (χ3v) is 3.22. The molecule has 0 amide bonds. The van der Waals surface area contributed by atoms with Gasteiger partial charge in [0, 0.05) is 6.04 Å². The molecule has 0 radical (unpaired) electrons. The molecule has 1 atom stereocenters. The van der Waals surface area contributed by atoms with E-state index in [-0.39, 0.29) is 6.04 Å². The molecule has 90 valence electrons. The molecule has 2 nitrogen and oxygen atoms in total. The molecule has 1 aromatic carbocycles. The van der Waals surface area contributed by atoms with Crippen molar-refractivity contribution in [3.8, 4) is 5.75 Å². The number of benzene rings is 1. The molecule has 16 heavy (non-hydrogen) atoms. The Kier molecular flexibility index (Phi) is 6.03. The molecule has 0 aromatic heterocycles. The second-order valence-corrected chi connectivity index (χ2v) is 5.07. The van der Waals surface area contributed by atoms with Gasteiger partial charge < -0.3 is 10.5 Å². The zero-order valence-corrected chi connectivity index (χ0v) is 11.3. The van der Waals surface area contributed by atoms with Crippen LogP contribution in [0.1, 0.15) is 24.9 Å². The van der Waals surface area contributed by atoms with Gasteiger partial charge in [0.15, 0.2) is 0 Å². The van der Waals surface area contributed by atoms with Crippen LogP contribution < -0.4 is 10.5 Å². The number of hydrogen-bond acceptors (Lipinski definition) is 3. The first kappa shape index (κ1) is 13.7. The maximum absolute atomic E-state index is 6.10. The first-order valence-corrected chi connectivity index (χ1v) is 7.09. The van der Waals surface area contributed by atoms with Gasteiger partial charge >= 0.3 is 0 Å². The summed E-state index contributed by atoms with van der Waals surface area (Å²) in [6.45, 7) is 2.64. The van der Waals surface area contributed by atoms with Crippen LogP contribution in [0.2, 0.25) is 5.02 Å². The van der Waals surface area contributed by atoms with Crippen molar-refractivity contribution in [3.05, 3.63) is 28.8 Å². The highest BCUT2D eigenvalue weighted by atomic mass is 35.5. The number of thioether (sulfide) groups is 1. The van der Waals surface area contributed by atoms with Crippen LogP contribution in [0, 0.1) is 0 Å². The van der Waals surface area contributed by atoms with E-state index in [1.165, 1.54) is 0 Å². The van der Waals surface area contributed by atoms with Crippen molar-refractivity contribution >= 4 is 23.4 Å². The largest absolute Gasteiger partial charge is 0.492 e. The van der Waals surface area contributed by atoms with Gasteiger partial charge in [0.1, 0.15) is 5.75 Å². The normalized spacial score (nSPS) is 12.5. The lowest BCUT2D eigenvalue weighted by Crippen LogP contribution is -2.05. The molecule has 0 aliphatic carbocycles. The maximum atomic E-state index is 6.10. The van der Waals surface area contributed by atoms with E-state index in [1.54, 1.807) is 0 Å². The fourth-order valence-electron chi connectivity index (χ4n) is 1.30. The van der Waals surface area contributed by atoms with Gasteiger partial charge in [-0.3, -0.25) is 0 Å². The molecule has 0 aliphatic rings. The number of hydrogen-bond donors (Lipinski definition) is 1. The van der Waals surface area contributed by atoms with E-state index in [2.05, 4.69) is 6.26 Å². The number of halogens is 1. The van der Waals surface area contributed by atoms with Crippen molar-refractivity contribution in [3.63, 3.8) is 0 Å². The zero-order valence-electron chi connectivity index (χ0n) is 9.70. The minimum absolute atomic E-state index is 0.00282. The zero-order chi connectivity index (χ0) is 12.0. The molecule has 0 saturated heterocycles. The Bertz CT molecular complexity index is 331. The van der Waals surface area contributed by atoms with Crippen LogP contribution >= 0.6 is 23.4 Å². The van der Waals surface area contributed by atoms with Crippen molar-refractivity contribution in [1.82, 2.24) is 0 Å². The molecular formula is C12H18ClNOS. The molecule has 2 N–H and O–H groups in total. The van der Waals surface area contributed by atoms with Crippen LogP contribution in [-0.4, -0.2) is 18.6 Å². The SMILES string of the molecule is CSCCCOc1ccc(C(C)N)cc1Cl. The Morgan fingerprint density at radius 3 is 2.81 bits per heavy atom. The molecule has 0 bridgehead atoms. The van der Waals surface area contributed by atoms with Crippen molar-refractivity contribution in [2.45, 2.75) is 19.4 Å². The Balaban J connectivity index is 2.54. The lowest BCUT2D eigenvalue weighted by molar-refractivity contribution is 0.319. The van der Waals surface area contributed by atoms with E-state index in [9.17, 15) is 0 Å². The lowest BCUT2D eigenvalue weighted by atomic mass is 10.1. The third-order valence-electron chi connectivity index (χ3n) is 2.23. The smallest absolute Gasteiger partial charge is 0.137 e. The van der Waals surface area contributed by atoms with Gasteiger partial charge in [-0.1, -0.05) is 17.7 Å². The van der Waals surface area contributed by atoms with E-state index >= 15 is 0 Å². The average molecular weight is 260 g/mol. The average Bonchev–Trinajstić information content (AvgIpc) is 2.26. The minimum atomic E-state index is 0.00282. The van der Waals surface area contributed by atoms with E-state index in [4.69, 9.17) is 22.1 Å². The van der Waals surface area contributed by atoms with E-state index < -0.39 is 0 Å². The van der Waals surface area contributed by atoms with Crippen LogP contribution in [0.3, 0.4) is 0 Å². The highest BCUT2D eigenvalue weighted by molar-refractivity contribution is 7.98. The summed E-state index contributed by atoms with van der Waals surface area (Å²) < 4.78 is 5.59. The highest BCUT2D eigenvalue weighted by Crippen LogP contribution is 2.27.